The second kappa shape index (κ2) is 9.22. The fourth-order valence-corrected chi connectivity index (χ4v) is 3.16. The lowest BCUT2D eigenvalue weighted by atomic mass is 10.3. The second-order valence-corrected chi connectivity index (χ2v) is 6.37. The molecule has 0 saturated heterocycles. The van der Waals surface area contributed by atoms with Crippen LogP contribution >= 0.6 is 11.8 Å². The van der Waals surface area contributed by atoms with Gasteiger partial charge in [-0.1, -0.05) is 30.0 Å². The number of carbonyl (C=O) groups excluding carboxylic acids is 2. The number of hydrogen-bond acceptors (Lipinski definition) is 5. The van der Waals surface area contributed by atoms with Crippen LogP contribution in [0.2, 0.25) is 0 Å². The Kier molecular flexibility index (Phi) is 7.00. The molecule has 2 amide bonds. The summed E-state index contributed by atoms with van der Waals surface area (Å²) in [5.74, 6) is 0.0412. The molecule has 0 atom stereocenters. The maximum atomic E-state index is 12.3. The first-order valence-electron chi connectivity index (χ1n) is 8.16. The summed E-state index contributed by atoms with van der Waals surface area (Å²) >= 11 is 1.31. The van der Waals surface area contributed by atoms with Gasteiger partial charge in [-0.05, 0) is 26.0 Å². The van der Waals surface area contributed by atoms with Crippen LogP contribution in [-0.2, 0) is 9.59 Å². The molecule has 0 N–H and O–H groups in total. The molecular weight excluding hydrogens is 338 g/mol. The largest absolute Gasteiger partial charge is 0.342 e. The van der Waals surface area contributed by atoms with E-state index in [2.05, 4.69) is 10.2 Å². The SMILES string of the molecule is CCN(CC)C(=O)CN(C)C(=O)CSc1nncn1-c1ccccc1. The van der Waals surface area contributed by atoms with E-state index in [9.17, 15) is 9.59 Å². The summed E-state index contributed by atoms with van der Waals surface area (Å²) in [6.45, 7) is 5.23. The predicted molar refractivity (Wildman–Crippen MR) is 97.6 cm³/mol. The highest BCUT2D eigenvalue weighted by Crippen LogP contribution is 2.19. The zero-order valence-electron chi connectivity index (χ0n) is 14.8. The standard InChI is InChI=1S/C17H23N5O2S/c1-4-21(5-2)15(23)11-20(3)16(24)12-25-17-19-18-13-22(17)14-9-7-6-8-10-14/h6-10,13H,4-5,11-12H2,1-3H3. The van der Waals surface area contributed by atoms with Crippen LogP contribution in [0.3, 0.4) is 0 Å². The highest BCUT2D eigenvalue weighted by Gasteiger charge is 2.17. The van der Waals surface area contributed by atoms with Gasteiger partial charge in [-0.25, -0.2) is 0 Å². The van der Waals surface area contributed by atoms with E-state index in [1.807, 2.05) is 48.7 Å². The van der Waals surface area contributed by atoms with Crippen molar-refractivity contribution in [2.45, 2.75) is 19.0 Å². The lowest BCUT2D eigenvalue weighted by Gasteiger charge is -2.23. The Labute approximate surface area is 152 Å². The smallest absolute Gasteiger partial charge is 0.242 e. The third-order valence-electron chi connectivity index (χ3n) is 3.79. The van der Waals surface area contributed by atoms with Crippen molar-refractivity contribution in [3.8, 4) is 5.69 Å². The summed E-state index contributed by atoms with van der Waals surface area (Å²) < 4.78 is 1.83. The zero-order valence-corrected chi connectivity index (χ0v) is 15.6. The van der Waals surface area contributed by atoms with Crippen molar-refractivity contribution in [3.63, 3.8) is 0 Å². The van der Waals surface area contributed by atoms with Crippen molar-refractivity contribution in [1.82, 2.24) is 24.6 Å². The van der Waals surface area contributed by atoms with Gasteiger partial charge in [-0.15, -0.1) is 10.2 Å². The minimum atomic E-state index is -0.117. The molecule has 0 aliphatic heterocycles. The number of para-hydroxylation sites is 1. The van der Waals surface area contributed by atoms with E-state index in [-0.39, 0.29) is 24.1 Å². The van der Waals surface area contributed by atoms with Crippen molar-refractivity contribution < 1.29 is 9.59 Å². The van der Waals surface area contributed by atoms with E-state index >= 15 is 0 Å². The van der Waals surface area contributed by atoms with Crippen molar-refractivity contribution in [2.24, 2.45) is 0 Å². The van der Waals surface area contributed by atoms with Crippen LogP contribution in [0.1, 0.15) is 13.8 Å². The van der Waals surface area contributed by atoms with Gasteiger partial charge in [0.2, 0.25) is 11.8 Å². The normalized spacial score (nSPS) is 10.5. The van der Waals surface area contributed by atoms with Gasteiger partial charge in [0.05, 0.1) is 12.3 Å². The van der Waals surface area contributed by atoms with Crippen LogP contribution in [0.4, 0.5) is 0 Å². The molecule has 8 heteroatoms. The quantitative estimate of drug-likeness (QED) is 0.669. The average Bonchev–Trinajstić information content (AvgIpc) is 3.10. The molecule has 0 spiro atoms. The van der Waals surface area contributed by atoms with E-state index in [4.69, 9.17) is 0 Å². The van der Waals surface area contributed by atoms with Gasteiger partial charge < -0.3 is 9.80 Å². The minimum absolute atomic E-state index is 0.0432. The Balaban J connectivity index is 1.92. The van der Waals surface area contributed by atoms with E-state index in [0.717, 1.165) is 5.69 Å². The Morgan fingerprint density at radius 1 is 1.12 bits per heavy atom. The van der Waals surface area contributed by atoms with Crippen LogP contribution in [0, 0.1) is 0 Å². The topological polar surface area (TPSA) is 71.3 Å². The van der Waals surface area contributed by atoms with E-state index in [1.165, 1.54) is 16.7 Å². The molecule has 1 heterocycles. The van der Waals surface area contributed by atoms with Gasteiger partial charge in [0.25, 0.3) is 0 Å². The average molecular weight is 361 g/mol. The molecule has 25 heavy (non-hydrogen) atoms. The Bertz CT molecular complexity index is 700. The van der Waals surface area contributed by atoms with Gasteiger partial charge in [0, 0.05) is 25.8 Å². The third kappa shape index (κ3) is 5.06. The minimum Gasteiger partial charge on any atom is -0.342 e. The summed E-state index contributed by atoms with van der Waals surface area (Å²) in [5.41, 5.74) is 0.938. The molecule has 2 aromatic rings. The Morgan fingerprint density at radius 2 is 1.80 bits per heavy atom. The molecule has 7 nitrogen and oxygen atoms in total. The first-order chi connectivity index (χ1) is 12.1. The van der Waals surface area contributed by atoms with Crippen LogP contribution in [0.15, 0.2) is 41.8 Å². The summed E-state index contributed by atoms with van der Waals surface area (Å²) in [6, 6.07) is 9.70. The van der Waals surface area contributed by atoms with Gasteiger partial charge in [-0.2, -0.15) is 0 Å². The highest BCUT2D eigenvalue weighted by molar-refractivity contribution is 7.99. The van der Waals surface area contributed by atoms with Gasteiger partial charge in [0.1, 0.15) is 6.33 Å². The maximum Gasteiger partial charge on any atom is 0.242 e. The summed E-state index contributed by atoms with van der Waals surface area (Å²) in [5, 5.41) is 8.63. The lowest BCUT2D eigenvalue weighted by Crippen LogP contribution is -2.41. The van der Waals surface area contributed by atoms with Crippen molar-refractivity contribution in [2.75, 3.05) is 32.4 Å². The fraction of sp³-hybridized carbons (Fsp3) is 0.412. The monoisotopic (exact) mass is 361 g/mol. The fourth-order valence-electron chi connectivity index (χ4n) is 2.29. The first kappa shape index (κ1) is 19.0. The van der Waals surface area contributed by atoms with Gasteiger partial charge in [0.15, 0.2) is 5.16 Å². The molecule has 0 fully saturated rings. The molecule has 134 valence electrons. The van der Waals surface area contributed by atoms with Crippen molar-refractivity contribution in [3.05, 3.63) is 36.7 Å². The number of benzene rings is 1. The second-order valence-electron chi connectivity index (χ2n) is 5.42. The number of nitrogens with zero attached hydrogens (tertiary/aromatic N) is 5. The molecule has 0 unspecified atom stereocenters. The number of likely N-dealkylation sites (N-methyl/N-ethyl adjacent to an activating group) is 2. The number of rotatable bonds is 8. The molecule has 0 saturated carbocycles. The molecule has 0 radical (unpaired) electrons. The van der Waals surface area contributed by atoms with Gasteiger partial charge >= 0.3 is 0 Å². The van der Waals surface area contributed by atoms with Crippen molar-refractivity contribution >= 4 is 23.6 Å². The van der Waals surface area contributed by atoms with E-state index in [0.29, 0.717) is 18.2 Å². The molecule has 1 aromatic heterocycles. The van der Waals surface area contributed by atoms with Gasteiger partial charge in [-0.3, -0.25) is 14.2 Å². The number of aromatic nitrogens is 3. The molecular formula is C17H23N5O2S. The highest BCUT2D eigenvalue weighted by atomic mass is 32.2. The van der Waals surface area contributed by atoms with Crippen molar-refractivity contribution in [1.29, 1.82) is 0 Å². The van der Waals surface area contributed by atoms with E-state index in [1.54, 1.807) is 18.3 Å². The molecule has 0 bridgehead atoms. The molecule has 0 aliphatic carbocycles. The van der Waals surface area contributed by atoms with Crippen LogP contribution < -0.4 is 0 Å². The van der Waals surface area contributed by atoms with Crippen LogP contribution in [0.5, 0.6) is 0 Å². The van der Waals surface area contributed by atoms with E-state index < -0.39 is 0 Å². The number of amides is 2. The van der Waals surface area contributed by atoms with Crippen LogP contribution in [-0.4, -0.2) is 68.8 Å². The lowest BCUT2D eigenvalue weighted by molar-refractivity contribution is -0.137. The maximum absolute atomic E-state index is 12.3. The predicted octanol–water partition coefficient (Wildman–Crippen LogP) is 1.69. The Hall–Kier alpha value is -2.35. The molecule has 1 aromatic carbocycles. The Morgan fingerprint density at radius 3 is 2.44 bits per heavy atom. The summed E-state index contributed by atoms with van der Waals surface area (Å²) in [7, 11) is 1.65. The number of thioether (sulfide) groups is 1. The summed E-state index contributed by atoms with van der Waals surface area (Å²) in [4.78, 5) is 27.6. The number of hydrogen-bond donors (Lipinski definition) is 0. The molecule has 2 rings (SSSR count). The molecule has 0 aliphatic rings. The third-order valence-corrected chi connectivity index (χ3v) is 4.72. The zero-order chi connectivity index (χ0) is 18.2. The first-order valence-corrected chi connectivity index (χ1v) is 9.15. The van der Waals surface area contributed by atoms with Crippen LogP contribution in [0.25, 0.3) is 5.69 Å². The number of carbonyl (C=O) groups is 2. The summed E-state index contributed by atoms with van der Waals surface area (Å²) in [6.07, 6.45) is 1.62.